The molecular weight excluding hydrogens is 1060 g/mol. The Hall–Kier alpha value is -1.80. The number of hydrogen-bond donors (Lipinski definition) is 3. The normalized spacial score (nSPS) is 13.9. The molecule has 0 aliphatic heterocycles. The molecule has 0 aromatic rings. The van der Waals surface area contributed by atoms with E-state index < -0.39 is 20.0 Å². The number of likely N-dealkylation sites (N-methyl/N-ethyl adjacent to an activating group) is 1. The van der Waals surface area contributed by atoms with Gasteiger partial charge in [-0.25, -0.2) is 4.57 Å². The predicted octanol–water partition coefficient (Wildman–Crippen LogP) is 23.6. The summed E-state index contributed by atoms with van der Waals surface area (Å²) in [7, 11) is 1.63. The first-order valence-corrected chi connectivity index (χ1v) is 38.1. The van der Waals surface area contributed by atoms with E-state index in [4.69, 9.17) is 9.05 Å². The highest BCUT2D eigenvalue weighted by molar-refractivity contribution is 7.47. The summed E-state index contributed by atoms with van der Waals surface area (Å²) in [6.45, 7) is 4.83. The van der Waals surface area contributed by atoms with E-state index in [0.717, 1.165) is 70.6 Å². The smallest absolute Gasteiger partial charge is 0.391 e. The molecule has 0 spiro atoms. The molecule has 0 saturated carbocycles. The Kier molecular flexibility index (Phi) is 64.2. The molecule has 3 N–H and O–H groups in total. The number of unbranched alkanes of at least 4 members (excludes halogenated alkanes) is 45. The topological polar surface area (TPSA) is 105 Å². The van der Waals surface area contributed by atoms with Gasteiger partial charge in [-0.15, -0.1) is 0 Å². The van der Waals surface area contributed by atoms with E-state index in [0.29, 0.717) is 23.9 Å². The first-order chi connectivity index (χ1) is 41.0. The zero-order valence-electron chi connectivity index (χ0n) is 56.7. The highest BCUT2D eigenvalue weighted by Crippen LogP contribution is 2.43. The van der Waals surface area contributed by atoms with E-state index >= 15 is 0 Å². The van der Waals surface area contributed by atoms with Crippen LogP contribution in [0.15, 0.2) is 60.8 Å². The molecule has 494 valence electrons. The summed E-state index contributed by atoms with van der Waals surface area (Å²) in [5.74, 6) is -0.137. The van der Waals surface area contributed by atoms with E-state index in [-0.39, 0.29) is 19.1 Å². The summed E-state index contributed by atoms with van der Waals surface area (Å²) in [6.07, 6.45) is 90.5. The van der Waals surface area contributed by atoms with E-state index in [1.54, 1.807) is 0 Å². The maximum Gasteiger partial charge on any atom is 0.472 e. The number of phosphoric acid groups is 1. The number of aliphatic hydroxyl groups is 1. The molecule has 0 saturated heterocycles. The van der Waals surface area contributed by atoms with E-state index in [9.17, 15) is 19.4 Å². The zero-order chi connectivity index (χ0) is 61.2. The number of allylic oxidation sites excluding steroid dienone is 10. The standard InChI is InChI=1S/C75H143N2O6P/c1-6-8-10-12-14-16-18-20-22-24-26-28-30-31-32-33-34-35-36-37-38-39-40-41-42-43-44-45-47-49-51-53-55-57-59-61-63-65-67-69-75(79)76-73(72-83-84(80,81)82-71-70-77(3,4)5)74(78)68-66-64-62-60-58-56-54-52-50-48-46-29-27-25-23-21-19-17-15-13-11-9-7-2/h8,10,14,16,20,22,26,28,31-32,73-74,78H,6-7,9,11-13,15,17-19,21,23-25,27,29-30,33-72H2,1-5H3,(H-,76,79,80,81)/p+1/b10-8-,16-14-,22-20-,28-26-,32-31-. The van der Waals surface area contributed by atoms with Crippen LogP contribution in [0.5, 0.6) is 0 Å². The molecule has 84 heavy (non-hydrogen) atoms. The number of carbonyl (C=O) groups is 1. The molecule has 0 radical (unpaired) electrons. The van der Waals surface area contributed by atoms with Gasteiger partial charge >= 0.3 is 7.82 Å². The second-order valence-electron chi connectivity index (χ2n) is 26.3. The fourth-order valence-electron chi connectivity index (χ4n) is 11.1. The summed E-state index contributed by atoms with van der Waals surface area (Å²) in [5.41, 5.74) is 0. The lowest BCUT2D eigenvalue weighted by atomic mass is 10.0. The van der Waals surface area contributed by atoms with Gasteiger partial charge < -0.3 is 19.8 Å². The monoisotopic (exact) mass is 1200 g/mol. The molecule has 0 rings (SSSR count). The van der Waals surface area contributed by atoms with Gasteiger partial charge in [0.05, 0.1) is 39.9 Å². The number of amides is 1. The van der Waals surface area contributed by atoms with Crippen LogP contribution >= 0.6 is 7.82 Å². The number of phosphoric ester groups is 1. The van der Waals surface area contributed by atoms with Gasteiger partial charge in [-0.2, -0.15) is 0 Å². The summed E-state index contributed by atoms with van der Waals surface area (Å²) in [6, 6.07) is -0.761. The summed E-state index contributed by atoms with van der Waals surface area (Å²) >= 11 is 0. The number of aliphatic hydroxyl groups excluding tert-OH is 1. The minimum atomic E-state index is -4.33. The van der Waals surface area contributed by atoms with Crippen LogP contribution in [-0.4, -0.2) is 73.4 Å². The Morgan fingerprint density at radius 2 is 0.714 bits per heavy atom. The SMILES string of the molecule is CC/C=C\C/C=C\C/C=C\C/C=C\C/C=C\CCCCCCCCCCCCCCCCCCCCCCCCCC(=O)NC(COP(=O)(O)OCC[N+](C)(C)C)C(O)CCCCCCCCCCCCCCCCCCCCCCCCC. The van der Waals surface area contributed by atoms with Gasteiger partial charge in [-0.05, 0) is 57.8 Å². The van der Waals surface area contributed by atoms with Crippen molar-refractivity contribution in [2.45, 2.75) is 373 Å². The Labute approximate surface area is 523 Å². The molecule has 0 fully saturated rings. The van der Waals surface area contributed by atoms with Crippen molar-refractivity contribution >= 4 is 13.7 Å². The van der Waals surface area contributed by atoms with Gasteiger partial charge in [0, 0.05) is 6.42 Å². The van der Waals surface area contributed by atoms with Crippen LogP contribution in [0.2, 0.25) is 0 Å². The number of nitrogens with zero attached hydrogens (tertiary/aromatic N) is 1. The van der Waals surface area contributed by atoms with Crippen LogP contribution in [0.3, 0.4) is 0 Å². The van der Waals surface area contributed by atoms with E-state index in [2.05, 4.69) is 79.9 Å². The van der Waals surface area contributed by atoms with E-state index in [1.165, 1.54) is 263 Å². The molecule has 1 amide bonds. The Balaban J connectivity index is 3.93. The minimum absolute atomic E-state index is 0.0764. The molecule has 0 bridgehead atoms. The van der Waals surface area contributed by atoms with Crippen molar-refractivity contribution in [3.8, 4) is 0 Å². The number of rotatable bonds is 68. The molecule has 0 aliphatic rings. The van der Waals surface area contributed by atoms with Crippen molar-refractivity contribution < 1.29 is 32.9 Å². The molecule has 9 heteroatoms. The summed E-state index contributed by atoms with van der Waals surface area (Å²) < 4.78 is 23.9. The first kappa shape index (κ1) is 82.2. The van der Waals surface area contributed by atoms with Crippen LogP contribution in [0, 0.1) is 0 Å². The largest absolute Gasteiger partial charge is 0.472 e. The first-order valence-electron chi connectivity index (χ1n) is 36.7. The van der Waals surface area contributed by atoms with Gasteiger partial charge in [-0.3, -0.25) is 13.8 Å². The van der Waals surface area contributed by atoms with Crippen LogP contribution in [0.25, 0.3) is 0 Å². The highest BCUT2D eigenvalue weighted by Gasteiger charge is 2.28. The van der Waals surface area contributed by atoms with Gasteiger partial charge in [0.2, 0.25) is 5.91 Å². The molecule has 0 aromatic carbocycles. The Morgan fingerprint density at radius 1 is 0.417 bits per heavy atom. The fraction of sp³-hybridized carbons (Fsp3) is 0.853. The molecule has 0 aliphatic carbocycles. The molecule has 3 unspecified atom stereocenters. The van der Waals surface area contributed by atoms with Crippen molar-refractivity contribution in [1.29, 1.82) is 0 Å². The van der Waals surface area contributed by atoms with Crippen molar-refractivity contribution in [2.24, 2.45) is 0 Å². The Bertz CT molecular complexity index is 1550. The number of quaternary nitrogens is 1. The molecule has 0 aromatic heterocycles. The number of carbonyl (C=O) groups excluding carboxylic acids is 1. The van der Waals surface area contributed by atoms with Crippen molar-refractivity contribution in [3.05, 3.63) is 60.8 Å². The molecule has 8 nitrogen and oxygen atoms in total. The molecular formula is C75H144N2O6P+. The summed E-state index contributed by atoms with van der Waals surface area (Å²) in [4.78, 5) is 23.5. The third kappa shape index (κ3) is 67.7. The molecule has 3 atom stereocenters. The van der Waals surface area contributed by atoms with Gasteiger partial charge in [-0.1, -0.05) is 357 Å². The van der Waals surface area contributed by atoms with E-state index in [1.807, 2.05) is 21.1 Å². The number of hydrogen-bond acceptors (Lipinski definition) is 5. The van der Waals surface area contributed by atoms with Gasteiger partial charge in [0.1, 0.15) is 13.2 Å². The van der Waals surface area contributed by atoms with Crippen molar-refractivity contribution in [2.75, 3.05) is 40.9 Å². The predicted molar refractivity (Wildman–Crippen MR) is 369 cm³/mol. The lowest BCUT2D eigenvalue weighted by Crippen LogP contribution is -2.46. The van der Waals surface area contributed by atoms with Crippen LogP contribution in [-0.2, 0) is 18.4 Å². The zero-order valence-corrected chi connectivity index (χ0v) is 57.5. The van der Waals surface area contributed by atoms with Gasteiger partial charge in [0.15, 0.2) is 0 Å². The summed E-state index contributed by atoms with van der Waals surface area (Å²) in [5, 5.41) is 14.2. The second kappa shape index (κ2) is 65.6. The van der Waals surface area contributed by atoms with Crippen LogP contribution in [0.1, 0.15) is 361 Å². The average molecular weight is 1200 g/mol. The van der Waals surface area contributed by atoms with Crippen molar-refractivity contribution in [3.63, 3.8) is 0 Å². The fourth-order valence-corrected chi connectivity index (χ4v) is 11.9. The third-order valence-electron chi connectivity index (χ3n) is 16.8. The Morgan fingerprint density at radius 3 is 1.05 bits per heavy atom. The van der Waals surface area contributed by atoms with Crippen LogP contribution in [0.4, 0.5) is 0 Å². The van der Waals surface area contributed by atoms with Crippen molar-refractivity contribution in [1.82, 2.24) is 5.32 Å². The minimum Gasteiger partial charge on any atom is -0.391 e. The highest BCUT2D eigenvalue weighted by atomic mass is 31.2. The average Bonchev–Trinajstić information content (AvgIpc) is 3.56. The lowest BCUT2D eigenvalue weighted by Gasteiger charge is -2.26. The molecule has 0 heterocycles. The second-order valence-corrected chi connectivity index (χ2v) is 27.8. The maximum atomic E-state index is 13.1. The number of nitrogens with one attached hydrogen (secondary N) is 1. The lowest BCUT2D eigenvalue weighted by molar-refractivity contribution is -0.870. The maximum absolute atomic E-state index is 13.1. The van der Waals surface area contributed by atoms with Crippen LogP contribution < -0.4 is 5.32 Å². The van der Waals surface area contributed by atoms with Gasteiger partial charge in [0.25, 0.3) is 0 Å². The third-order valence-corrected chi connectivity index (χ3v) is 17.8. The quantitative estimate of drug-likeness (QED) is 0.0243.